The highest BCUT2D eigenvalue weighted by Crippen LogP contribution is 2.47. The molecule has 292 valence electrons. The molecule has 14 heteroatoms. The first-order chi connectivity index (χ1) is 24.8. The molecule has 5 heterocycles. The van der Waals surface area contributed by atoms with E-state index in [1.807, 2.05) is 49.4 Å². The standard InChI is InChI=1S/C39H63N7O5Si2/c1-12-50-27(2)34-35(29-21-30-14-15-31(22-29)45(30)38(47)51-39(3,4)5)43-36-32(28-13-16-33(40)41-23-28)24-42-46(36)37(34)44(25-48-17-19-52(6,7)8)26-49-18-20-53(9,10)11/h13,16,23-24,29-31H,2,12,14-15,17-22,25-26H2,1,3-11H3,(H2,40,41)/t29-,30-,31?/m0/s1. The van der Waals surface area contributed by atoms with Crippen LogP contribution in [-0.2, 0) is 18.9 Å². The second-order valence-corrected chi connectivity index (χ2v) is 29.2. The summed E-state index contributed by atoms with van der Waals surface area (Å²) in [5.41, 5.74) is 9.48. The molecule has 2 aliphatic heterocycles. The zero-order valence-corrected chi connectivity index (χ0v) is 35.8. The van der Waals surface area contributed by atoms with Crippen LogP contribution in [0.1, 0.15) is 70.6 Å². The average Bonchev–Trinajstić information content (AvgIpc) is 3.59. The molecule has 12 nitrogen and oxygen atoms in total. The number of carbonyl (C=O) groups excluding carboxylic acids is 1. The van der Waals surface area contributed by atoms with Crippen LogP contribution in [0, 0.1) is 0 Å². The maximum atomic E-state index is 13.5. The zero-order valence-electron chi connectivity index (χ0n) is 33.8. The van der Waals surface area contributed by atoms with Crippen LogP contribution in [0.15, 0.2) is 31.1 Å². The molecule has 1 unspecified atom stereocenters. The van der Waals surface area contributed by atoms with Crippen LogP contribution in [0.5, 0.6) is 0 Å². The minimum absolute atomic E-state index is 0.0249. The maximum Gasteiger partial charge on any atom is 0.410 e. The molecule has 2 bridgehead atoms. The lowest BCUT2D eigenvalue weighted by atomic mass is 9.85. The largest absolute Gasteiger partial charge is 0.494 e. The van der Waals surface area contributed by atoms with Gasteiger partial charge in [0.1, 0.15) is 36.5 Å². The van der Waals surface area contributed by atoms with Gasteiger partial charge in [-0.1, -0.05) is 45.9 Å². The third-order valence-corrected chi connectivity index (χ3v) is 13.3. The molecular weight excluding hydrogens is 703 g/mol. The number of aromatic nitrogens is 4. The van der Waals surface area contributed by atoms with E-state index in [0.29, 0.717) is 50.5 Å². The smallest absolute Gasteiger partial charge is 0.410 e. The minimum Gasteiger partial charge on any atom is -0.494 e. The molecule has 0 aromatic carbocycles. The molecule has 2 fully saturated rings. The van der Waals surface area contributed by atoms with Crippen molar-refractivity contribution < 1.29 is 23.7 Å². The van der Waals surface area contributed by atoms with E-state index in [-0.39, 0.29) is 24.1 Å². The van der Waals surface area contributed by atoms with E-state index in [1.54, 1.807) is 12.3 Å². The van der Waals surface area contributed by atoms with Gasteiger partial charge >= 0.3 is 6.09 Å². The van der Waals surface area contributed by atoms with Crippen LogP contribution in [0.4, 0.5) is 16.4 Å². The van der Waals surface area contributed by atoms with E-state index in [9.17, 15) is 4.79 Å². The molecule has 3 atom stereocenters. The third kappa shape index (κ3) is 10.4. The van der Waals surface area contributed by atoms with Crippen LogP contribution in [-0.4, -0.2) is 97.7 Å². The summed E-state index contributed by atoms with van der Waals surface area (Å²) >= 11 is 0. The molecule has 1 amide bonds. The number of nitrogen functional groups attached to an aromatic ring is 1. The molecule has 0 saturated carbocycles. The number of anilines is 2. The summed E-state index contributed by atoms with van der Waals surface area (Å²) in [6.07, 6.45) is 6.70. The van der Waals surface area contributed by atoms with E-state index in [1.165, 1.54) is 0 Å². The van der Waals surface area contributed by atoms with Gasteiger partial charge in [-0.15, -0.1) is 0 Å². The number of carbonyl (C=O) groups is 1. The Morgan fingerprint density at radius 1 is 0.981 bits per heavy atom. The second-order valence-electron chi connectivity index (χ2n) is 18.0. The highest BCUT2D eigenvalue weighted by Gasteiger charge is 2.46. The molecule has 2 saturated heterocycles. The molecule has 0 aliphatic carbocycles. The number of piperidine rings is 1. The van der Waals surface area contributed by atoms with E-state index in [4.69, 9.17) is 34.8 Å². The third-order valence-electron chi connectivity index (χ3n) is 9.86. The van der Waals surface area contributed by atoms with Crippen molar-refractivity contribution in [3.05, 3.63) is 42.4 Å². The van der Waals surface area contributed by atoms with Gasteiger partial charge in [0.25, 0.3) is 0 Å². The normalized spacial score (nSPS) is 19.1. The van der Waals surface area contributed by atoms with Crippen molar-refractivity contribution >= 4 is 45.3 Å². The van der Waals surface area contributed by atoms with Gasteiger partial charge in [-0.25, -0.2) is 14.8 Å². The molecule has 2 aliphatic rings. The molecule has 3 aromatic heterocycles. The monoisotopic (exact) mass is 765 g/mol. The van der Waals surface area contributed by atoms with Gasteiger partial charge < -0.3 is 34.5 Å². The summed E-state index contributed by atoms with van der Waals surface area (Å²) in [7, 11) is -2.66. The van der Waals surface area contributed by atoms with Gasteiger partial charge in [-0.05, 0) is 77.6 Å². The Balaban J connectivity index is 1.65. The van der Waals surface area contributed by atoms with Crippen molar-refractivity contribution in [3.63, 3.8) is 0 Å². The Hall–Kier alpha value is -3.47. The van der Waals surface area contributed by atoms with E-state index in [2.05, 4.69) is 55.7 Å². The molecule has 2 N–H and O–H groups in total. The highest BCUT2D eigenvalue weighted by atomic mass is 28.3. The lowest BCUT2D eigenvalue weighted by Gasteiger charge is -2.40. The Bertz CT molecular complexity index is 1690. The van der Waals surface area contributed by atoms with Crippen LogP contribution in [0.2, 0.25) is 51.4 Å². The number of rotatable bonds is 16. The Kier molecular flexibility index (Phi) is 12.7. The summed E-state index contributed by atoms with van der Waals surface area (Å²) in [6, 6.07) is 5.91. The second kappa shape index (κ2) is 16.5. The summed E-state index contributed by atoms with van der Waals surface area (Å²) in [4.78, 5) is 27.4. The predicted octanol–water partition coefficient (Wildman–Crippen LogP) is 8.46. The Labute approximate surface area is 318 Å². The van der Waals surface area contributed by atoms with Crippen molar-refractivity contribution in [2.24, 2.45) is 0 Å². The van der Waals surface area contributed by atoms with E-state index < -0.39 is 21.7 Å². The summed E-state index contributed by atoms with van der Waals surface area (Å²) < 4.78 is 26.9. The summed E-state index contributed by atoms with van der Waals surface area (Å²) in [5, 5.41) is 4.96. The van der Waals surface area contributed by atoms with Crippen LogP contribution >= 0.6 is 0 Å². The van der Waals surface area contributed by atoms with Gasteiger partial charge in [-0.3, -0.25) is 0 Å². The maximum absolute atomic E-state index is 13.5. The highest BCUT2D eigenvalue weighted by molar-refractivity contribution is 6.76. The first kappa shape index (κ1) is 40.7. The fourth-order valence-corrected chi connectivity index (χ4v) is 8.66. The molecule has 0 spiro atoms. The number of pyridine rings is 1. The number of amides is 1. The molecule has 5 rings (SSSR count). The topological polar surface area (TPSA) is 130 Å². The molecule has 3 aromatic rings. The first-order valence-corrected chi connectivity index (χ1v) is 26.6. The van der Waals surface area contributed by atoms with Gasteiger partial charge in [0, 0.05) is 64.7 Å². The lowest BCUT2D eigenvalue weighted by Crippen LogP contribution is -2.48. The summed E-state index contributed by atoms with van der Waals surface area (Å²) in [6.45, 7) is 28.7. The van der Waals surface area contributed by atoms with Crippen molar-refractivity contribution in [1.82, 2.24) is 24.5 Å². The number of hydrogen-bond donors (Lipinski definition) is 1. The van der Waals surface area contributed by atoms with Crippen molar-refractivity contribution in [2.75, 3.05) is 43.9 Å². The van der Waals surface area contributed by atoms with Gasteiger partial charge in [0.2, 0.25) is 0 Å². The van der Waals surface area contributed by atoms with E-state index >= 15 is 0 Å². The number of ether oxygens (including phenoxy) is 4. The zero-order chi connectivity index (χ0) is 38.7. The van der Waals surface area contributed by atoms with Crippen LogP contribution < -0.4 is 10.6 Å². The first-order valence-electron chi connectivity index (χ1n) is 19.2. The fraction of sp³-hybridized carbons (Fsp3) is 0.641. The Morgan fingerprint density at radius 3 is 2.09 bits per heavy atom. The average molecular weight is 766 g/mol. The quantitative estimate of drug-likeness (QED) is 0.0656. The van der Waals surface area contributed by atoms with E-state index in [0.717, 1.165) is 66.0 Å². The van der Waals surface area contributed by atoms with Gasteiger partial charge in [0.15, 0.2) is 5.65 Å². The molecule has 0 radical (unpaired) electrons. The predicted molar refractivity (Wildman–Crippen MR) is 219 cm³/mol. The lowest BCUT2D eigenvalue weighted by molar-refractivity contribution is 0.00566. The van der Waals surface area contributed by atoms with Gasteiger partial charge in [0.05, 0.1) is 24.1 Å². The molecule has 53 heavy (non-hydrogen) atoms. The number of fused-ring (bicyclic) bond motifs is 3. The van der Waals surface area contributed by atoms with Crippen molar-refractivity contribution in [2.45, 2.75) is 128 Å². The SMILES string of the molecule is C=C(OCC)c1c([C@@H]2CC3CC[C@@H](C2)N3C(=O)OC(C)(C)C)nc2c(-c3ccc(N)nc3)cnn2c1N(COCC[Si](C)(C)C)COCC[Si](C)(C)C. The molecular formula is C39H63N7O5Si2. The van der Waals surface area contributed by atoms with Crippen LogP contribution in [0.3, 0.4) is 0 Å². The number of nitrogens with zero attached hydrogens (tertiary/aromatic N) is 6. The number of hydrogen-bond acceptors (Lipinski definition) is 10. The van der Waals surface area contributed by atoms with Gasteiger partial charge in [-0.2, -0.15) is 9.61 Å². The van der Waals surface area contributed by atoms with Crippen molar-refractivity contribution in [1.29, 1.82) is 0 Å². The van der Waals surface area contributed by atoms with Crippen LogP contribution in [0.25, 0.3) is 22.5 Å². The Morgan fingerprint density at radius 2 is 1.58 bits per heavy atom. The summed E-state index contributed by atoms with van der Waals surface area (Å²) in [5.74, 6) is 1.76. The van der Waals surface area contributed by atoms with Crippen molar-refractivity contribution in [3.8, 4) is 11.1 Å². The number of nitrogens with two attached hydrogens (primary N) is 1. The fourth-order valence-electron chi connectivity index (χ4n) is 7.14. The minimum atomic E-state index is -1.33.